The zero-order chi connectivity index (χ0) is 15.8. The van der Waals surface area contributed by atoms with Gasteiger partial charge in [-0.25, -0.2) is 4.79 Å². The number of carbonyl (C=O) groups excluding carboxylic acids is 2. The van der Waals surface area contributed by atoms with Crippen LogP contribution in [0.2, 0.25) is 0 Å². The van der Waals surface area contributed by atoms with Crippen molar-refractivity contribution in [3.8, 4) is 0 Å². The first-order valence-electron chi connectivity index (χ1n) is 7.53. The Morgan fingerprint density at radius 2 is 2.00 bits per heavy atom. The van der Waals surface area contributed by atoms with Crippen LogP contribution in [-0.4, -0.2) is 24.5 Å². The van der Waals surface area contributed by atoms with Gasteiger partial charge < -0.3 is 14.5 Å². The van der Waals surface area contributed by atoms with E-state index in [1.54, 1.807) is 12.1 Å². The lowest BCUT2D eigenvalue weighted by atomic mass is 10.1. The number of carbonyl (C=O) groups is 2. The van der Waals surface area contributed by atoms with Crippen LogP contribution in [0.15, 0.2) is 27.3 Å². The molecule has 1 aliphatic carbocycles. The fourth-order valence-electron chi connectivity index (χ4n) is 2.45. The Kier molecular flexibility index (Phi) is 6.71. The van der Waals surface area contributed by atoms with E-state index >= 15 is 0 Å². The van der Waals surface area contributed by atoms with E-state index in [0.29, 0.717) is 10.4 Å². The summed E-state index contributed by atoms with van der Waals surface area (Å²) in [7, 11) is 0. The van der Waals surface area contributed by atoms with E-state index in [0.717, 1.165) is 25.7 Å². The van der Waals surface area contributed by atoms with Crippen molar-refractivity contribution in [1.29, 1.82) is 0 Å². The highest BCUT2D eigenvalue weighted by molar-refractivity contribution is 9.10. The number of ether oxygens (including phenoxy) is 1. The number of esters is 1. The Bertz CT molecular complexity index is 530. The lowest BCUT2D eigenvalue weighted by Crippen LogP contribution is -2.37. The van der Waals surface area contributed by atoms with Crippen molar-refractivity contribution in [2.45, 2.75) is 44.6 Å². The molecule has 0 spiro atoms. The number of hydrogen-bond donors (Lipinski definition) is 1. The van der Waals surface area contributed by atoms with Gasteiger partial charge in [-0.3, -0.25) is 4.79 Å². The van der Waals surface area contributed by atoms with Gasteiger partial charge in [0.2, 0.25) is 0 Å². The SMILES string of the molecule is O=C(COC(=O)C=Cc1ccc(Br)o1)NC1CCCCCC1. The molecule has 6 heteroatoms. The zero-order valence-electron chi connectivity index (χ0n) is 12.3. The Labute approximate surface area is 138 Å². The van der Waals surface area contributed by atoms with E-state index in [1.807, 2.05) is 0 Å². The molecule has 1 N–H and O–H groups in total. The van der Waals surface area contributed by atoms with E-state index in [-0.39, 0.29) is 18.6 Å². The van der Waals surface area contributed by atoms with Gasteiger partial charge in [0.15, 0.2) is 11.3 Å². The first-order chi connectivity index (χ1) is 10.6. The van der Waals surface area contributed by atoms with E-state index in [1.165, 1.54) is 25.0 Å². The summed E-state index contributed by atoms with van der Waals surface area (Å²) in [6.45, 7) is -0.248. The Morgan fingerprint density at radius 1 is 1.27 bits per heavy atom. The summed E-state index contributed by atoms with van der Waals surface area (Å²) in [5.41, 5.74) is 0. The van der Waals surface area contributed by atoms with Crippen LogP contribution in [0.4, 0.5) is 0 Å². The molecule has 1 aromatic heterocycles. The zero-order valence-corrected chi connectivity index (χ0v) is 13.9. The highest BCUT2D eigenvalue weighted by Gasteiger charge is 2.15. The minimum atomic E-state index is -0.566. The van der Waals surface area contributed by atoms with Gasteiger partial charge in [0.25, 0.3) is 5.91 Å². The second kappa shape index (κ2) is 8.78. The number of halogens is 1. The van der Waals surface area contributed by atoms with Crippen LogP contribution in [0.25, 0.3) is 6.08 Å². The molecule has 1 fully saturated rings. The van der Waals surface area contributed by atoms with Crippen molar-refractivity contribution in [2.24, 2.45) is 0 Å². The summed E-state index contributed by atoms with van der Waals surface area (Å²) in [6.07, 6.45) is 9.50. The molecule has 0 unspecified atom stereocenters. The van der Waals surface area contributed by atoms with Crippen molar-refractivity contribution >= 4 is 33.9 Å². The van der Waals surface area contributed by atoms with Gasteiger partial charge in [-0.2, -0.15) is 0 Å². The predicted molar refractivity (Wildman–Crippen MR) is 86.0 cm³/mol. The molecule has 0 aliphatic heterocycles. The number of rotatable bonds is 5. The fourth-order valence-corrected chi connectivity index (χ4v) is 2.76. The number of nitrogens with one attached hydrogen (secondary N) is 1. The van der Waals surface area contributed by atoms with Crippen molar-refractivity contribution in [3.05, 3.63) is 28.6 Å². The van der Waals surface area contributed by atoms with Crippen LogP contribution in [0.3, 0.4) is 0 Å². The molecule has 1 aromatic rings. The molecule has 1 saturated carbocycles. The van der Waals surface area contributed by atoms with E-state index in [9.17, 15) is 9.59 Å². The van der Waals surface area contributed by atoms with Crippen LogP contribution in [0.5, 0.6) is 0 Å². The third kappa shape index (κ3) is 6.05. The van der Waals surface area contributed by atoms with Crippen molar-refractivity contribution < 1.29 is 18.7 Å². The molecule has 0 saturated heterocycles. The molecule has 0 radical (unpaired) electrons. The van der Waals surface area contributed by atoms with E-state index in [4.69, 9.17) is 9.15 Å². The topological polar surface area (TPSA) is 68.5 Å². The maximum atomic E-state index is 11.8. The molecule has 1 amide bonds. The fraction of sp³-hybridized carbons (Fsp3) is 0.500. The van der Waals surface area contributed by atoms with Crippen LogP contribution in [0, 0.1) is 0 Å². The lowest BCUT2D eigenvalue weighted by molar-refractivity contribution is -0.144. The summed E-state index contributed by atoms with van der Waals surface area (Å²) in [4.78, 5) is 23.3. The van der Waals surface area contributed by atoms with Gasteiger partial charge in [0, 0.05) is 12.1 Å². The quantitative estimate of drug-likeness (QED) is 0.490. The number of amides is 1. The lowest BCUT2D eigenvalue weighted by Gasteiger charge is -2.15. The largest absolute Gasteiger partial charge is 0.452 e. The molecule has 0 aromatic carbocycles. The van der Waals surface area contributed by atoms with Crippen LogP contribution < -0.4 is 5.32 Å². The molecular weight excluding hydrogens is 350 g/mol. The van der Waals surface area contributed by atoms with Crippen LogP contribution in [-0.2, 0) is 14.3 Å². The maximum absolute atomic E-state index is 11.8. The number of furan rings is 1. The first kappa shape index (κ1) is 16.8. The van der Waals surface area contributed by atoms with Gasteiger partial charge in [-0.1, -0.05) is 25.7 Å². The second-order valence-electron chi connectivity index (χ2n) is 5.34. The maximum Gasteiger partial charge on any atom is 0.331 e. The summed E-state index contributed by atoms with van der Waals surface area (Å²) < 4.78 is 10.7. The molecule has 1 heterocycles. The second-order valence-corrected chi connectivity index (χ2v) is 6.12. The van der Waals surface area contributed by atoms with E-state index < -0.39 is 5.97 Å². The molecule has 120 valence electrons. The predicted octanol–water partition coefficient (Wildman–Crippen LogP) is 3.44. The van der Waals surface area contributed by atoms with Crippen LogP contribution >= 0.6 is 15.9 Å². The molecule has 22 heavy (non-hydrogen) atoms. The van der Waals surface area contributed by atoms with Gasteiger partial charge >= 0.3 is 5.97 Å². The summed E-state index contributed by atoms with van der Waals surface area (Å²) >= 11 is 3.17. The Hall–Kier alpha value is -1.56. The summed E-state index contributed by atoms with van der Waals surface area (Å²) in [6, 6.07) is 3.65. The minimum absolute atomic E-state index is 0.213. The minimum Gasteiger partial charge on any atom is -0.452 e. The third-order valence-electron chi connectivity index (χ3n) is 3.54. The third-order valence-corrected chi connectivity index (χ3v) is 3.97. The van der Waals surface area contributed by atoms with Gasteiger partial charge in [-0.15, -0.1) is 0 Å². The smallest absolute Gasteiger partial charge is 0.331 e. The van der Waals surface area contributed by atoms with Gasteiger partial charge in [0.05, 0.1) is 0 Å². The highest BCUT2D eigenvalue weighted by atomic mass is 79.9. The highest BCUT2D eigenvalue weighted by Crippen LogP contribution is 2.17. The normalized spacial score (nSPS) is 16.4. The Balaban J connectivity index is 1.68. The molecular formula is C16H20BrNO4. The summed E-state index contributed by atoms with van der Waals surface area (Å²) in [5.74, 6) is -0.273. The van der Waals surface area contributed by atoms with Gasteiger partial charge in [-0.05, 0) is 47.0 Å². The average Bonchev–Trinajstić information content (AvgIpc) is 2.74. The molecule has 5 nitrogen and oxygen atoms in total. The average molecular weight is 370 g/mol. The molecule has 0 bridgehead atoms. The molecule has 0 atom stereocenters. The van der Waals surface area contributed by atoms with E-state index in [2.05, 4.69) is 21.2 Å². The molecule has 2 rings (SSSR count). The van der Waals surface area contributed by atoms with Crippen molar-refractivity contribution in [1.82, 2.24) is 5.32 Å². The molecule has 1 aliphatic rings. The monoisotopic (exact) mass is 369 g/mol. The number of hydrogen-bond acceptors (Lipinski definition) is 4. The van der Waals surface area contributed by atoms with Gasteiger partial charge in [0.1, 0.15) is 5.76 Å². The van der Waals surface area contributed by atoms with Crippen LogP contribution in [0.1, 0.15) is 44.3 Å². The Morgan fingerprint density at radius 3 is 2.64 bits per heavy atom. The van der Waals surface area contributed by atoms with Crippen molar-refractivity contribution in [2.75, 3.05) is 6.61 Å². The standard InChI is InChI=1S/C16H20BrNO4/c17-14-9-7-13(22-14)8-10-16(20)21-11-15(19)18-12-5-3-1-2-4-6-12/h7-10,12H,1-6,11H2,(H,18,19). The first-order valence-corrected chi connectivity index (χ1v) is 8.32. The van der Waals surface area contributed by atoms with Crippen molar-refractivity contribution in [3.63, 3.8) is 0 Å². The summed E-state index contributed by atoms with van der Waals surface area (Å²) in [5, 5.41) is 2.93.